The minimum absolute atomic E-state index is 0.0340. The van der Waals surface area contributed by atoms with Crippen LogP contribution in [0.1, 0.15) is 13.3 Å². The molecule has 0 atom stereocenters. The van der Waals surface area contributed by atoms with Crippen LogP contribution in [-0.4, -0.2) is 18.7 Å². The van der Waals surface area contributed by atoms with E-state index in [0.717, 1.165) is 5.70 Å². The molecule has 1 heterocycles. The Morgan fingerprint density at radius 2 is 2.50 bits per heavy atom. The van der Waals surface area contributed by atoms with Gasteiger partial charge in [-0.15, -0.1) is 0 Å². The van der Waals surface area contributed by atoms with E-state index < -0.39 is 0 Å². The molecule has 3 nitrogen and oxygen atoms in total. The van der Waals surface area contributed by atoms with Gasteiger partial charge in [-0.3, -0.25) is 9.79 Å². The second kappa shape index (κ2) is 4.49. The quantitative estimate of drug-likeness (QED) is 0.650. The largest absolute Gasteiger partial charge is 0.328 e. The Morgan fingerprint density at radius 1 is 1.67 bits per heavy atom. The molecule has 0 saturated heterocycles. The van der Waals surface area contributed by atoms with Crippen LogP contribution in [-0.2, 0) is 4.79 Å². The van der Waals surface area contributed by atoms with Gasteiger partial charge in [0.05, 0.1) is 6.54 Å². The van der Waals surface area contributed by atoms with Gasteiger partial charge in [0, 0.05) is 18.3 Å². The molecule has 0 bridgehead atoms. The van der Waals surface area contributed by atoms with Crippen LogP contribution in [0.3, 0.4) is 0 Å². The molecule has 0 aromatic carbocycles. The maximum atomic E-state index is 11.0. The van der Waals surface area contributed by atoms with Gasteiger partial charge in [-0.2, -0.15) is 0 Å². The average molecular weight is 164 g/mol. The van der Waals surface area contributed by atoms with E-state index in [1.54, 1.807) is 6.21 Å². The predicted molar refractivity (Wildman–Crippen MR) is 49.0 cm³/mol. The summed E-state index contributed by atoms with van der Waals surface area (Å²) < 4.78 is 0. The van der Waals surface area contributed by atoms with Crippen molar-refractivity contribution in [3.05, 3.63) is 23.9 Å². The van der Waals surface area contributed by atoms with Crippen LogP contribution in [0.15, 0.2) is 28.9 Å². The molecule has 1 amide bonds. The van der Waals surface area contributed by atoms with Gasteiger partial charge in [-0.1, -0.05) is 13.0 Å². The highest BCUT2D eigenvalue weighted by Crippen LogP contribution is 1.95. The van der Waals surface area contributed by atoms with E-state index in [1.807, 2.05) is 25.2 Å². The maximum absolute atomic E-state index is 11.0. The zero-order chi connectivity index (χ0) is 8.81. The van der Waals surface area contributed by atoms with Gasteiger partial charge in [0.25, 0.3) is 0 Å². The Balaban J connectivity index is 2.52. The van der Waals surface area contributed by atoms with Crippen molar-refractivity contribution in [3.63, 3.8) is 0 Å². The number of carbonyl (C=O) groups excluding carboxylic acids is 1. The Labute approximate surface area is 71.9 Å². The van der Waals surface area contributed by atoms with Gasteiger partial charge in [-0.05, 0) is 12.2 Å². The average Bonchev–Trinajstić information content (AvgIpc) is 2.33. The third-order valence-corrected chi connectivity index (χ3v) is 1.48. The Kier molecular flexibility index (Phi) is 3.26. The Morgan fingerprint density at radius 3 is 3.25 bits per heavy atom. The van der Waals surface area contributed by atoms with Gasteiger partial charge < -0.3 is 5.32 Å². The zero-order valence-electron chi connectivity index (χ0n) is 7.08. The van der Waals surface area contributed by atoms with Crippen LogP contribution in [0.2, 0.25) is 0 Å². The number of rotatable bonds is 2. The van der Waals surface area contributed by atoms with Gasteiger partial charge in [0.15, 0.2) is 0 Å². The highest BCUT2D eigenvalue weighted by atomic mass is 16.1. The summed E-state index contributed by atoms with van der Waals surface area (Å²) in [4.78, 5) is 15.0. The highest BCUT2D eigenvalue weighted by molar-refractivity contribution is 5.78. The number of nitrogens with one attached hydrogen (secondary N) is 1. The maximum Gasteiger partial charge on any atom is 0.223 e. The van der Waals surface area contributed by atoms with Gasteiger partial charge in [0.1, 0.15) is 0 Å². The molecule has 1 aliphatic heterocycles. The molecule has 12 heavy (non-hydrogen) atoms. The normalized spacial score (nSPS) is 15.2. The minimum atomic E-state index is 0.0340. The highest BCUT2D eigenvalue weighted by Gasteiger charge is 2.00. The fraction of sp³-hybridized carbons (Fsp3) is 0.333. The summed E-state index contributed by atoms with van der Waals surface area (Å²) in [7, 11) is 0. The first-order chi connectivity index (χ1) is 5.83. The first-order valence-corrected chi connectivity index (χ1v) is 3.98. The fourth-order valence-electron chi connectivity index (χ4n) is 0.835. The van der Waals surface area contributed by atoms with E-state index >= 15 is 0 Å². The summed E-state index contributed by atoms with van der Waals surface area (Å²) in [5.41, 5.74) is 0.854. The van der Waals surface area contributed by atoms with E-state index in [4.69, 9.17) is 0 Å². The van der Waals surface area contributed by atoms with Crippen molar-refractivity contribution in [1.29, 1.82) is 0 Å². The molecule has 0 fully saturated rings. The lowest BCUT2D eigenvalue weighted by atomic mass is 10.3. The molecule has 0 aliphatic carbocycles. The standard InChI is InChI=1S/C9H12N2O/c1-2-9(12)11-8-5-3-4-6-10-7-8/h3-6H,2,7H2,1H3,(H,11,12). The number of hydrogen-bond acceptors (Lipinski definition) is 2. The lowest BCUT2D eigenvalue weighted by Crippen LogP contribution is -2.22. The molecule has 0 saturated carbocycles. The van der Waals surface area contributed by atoms with Gasteiger partial charge >= 0.3 is 0 Å². The number of carbonyl (C=O) groups is 1. The summed E-state index contributed by atoms with van der Waals surface area (Å²) in [6, 6.07) is 0. The van der Waals surface area contributed by atoms with Gasteiger partial charge in [0.2, 0.25) is 5.91 Å². The first-order valence-electron chi connectivity index (χ1n) is 3.98. The summed E-state index contributed by atoms with van der Waals surface area (Å²) in [5.74, 6) is 0.0340. The molecule has 0 spiro atoms. The lowest BCUT2D eigenvalue weighted by molar-refractivity contribution is -0.120. The first kappa shape index (κ1) is 8.71. The number of allylic oxidation sites excluding steroid dienone is 3. The monoisotopic (exact) mass is 164 g/mol. The minimum Gasteiger partial charge on any atom is -0.328 e. The van der Waals surface area contributed by atoms with Crippen molar-refractivity contribution in [2.24, 2.45) is 4.99 Å². The molecule has 0 radical (unpaired) electrons. The van der Waals surface area contributed by atoms with Crippen LogP contribution < -0.4 is 5.32 Å². The molecular weight excluding hydrogens is 152 g/mol. The summed E-state index contributed by atoms with van der Waals surface area (Å²) in [5, 5.41) is 2.77. The van der Waals surface area contributed by atoms with E-state index in [9.17, 15) is 4.79 Å². The van der Waals surface area contributed by atoms with Crippen LogP contribution in [0.5, 0.6) is 0 Å². The molecular formula is C9H12N2O. The molecule has 0 aromatic rings. The molecule has 3 heteroatoms. The molecule has 0 aromatic heterocycles. The second-order valence-corrected chi connectivity index (χ2v) is 2.47. The van der Waals surface area contributed by atoms with E-state index in [-0.39, 0.29) is 5.91 Å². The van der Waals surface area contributed by atoms with Crippen molar-refractivity contribution in [1.82, 2.24) is 5.32 Å². The molecule has 0 unspecified atom stereocenters. The summed E-state index contributed by atoms with van der Waals surface area (Å²) in [6.45, 7) is 2.38. The van der Waals surface area contributed by atoms with Crippen molar-refractivity contribution in [2.75, 3.05) is 6.54 Å². The summed E-state index contributed by atoms with van der Waals surface area (Å²) >= 11 is 0. The van der Waals surface area contributed by atoms with Crippen LogP contribution in [0, 0.1) is 0 Å². The van der Waals surface area contributed by atoms with E-state index in [2.05, 4.69) is 10.3 Å². The Bertz CT molecular complexity index is 251. The van der Waals surface area contributed by atoms with Crippen molar-refractivity contribution >= 4 is 12.1 Å². The molecule has 1 aliphatic rings. The topological polar surface area (TPSA) is 41.5 Å². The van der Waals surface area contributed by atoms with Gasteiger partial charge in [-0.25, -0.2) is 0 Å². The van der Waals surface area contributed by atoms with Crippen LogP contribution in [0.4, 0.5) is 0 Å². The van der Waals surface area contributed by atoms with Crippen molar-refractivity contribution in [2.45, 2.75) is 13.3 Å². The number of amides is 1. The van der Waals surface area contributed by atoms with Crippen LogP contribution in [0.25, 0.3) is 0 Å². The second-order valence-electron chi connectivity index (χ2n) is 2.47. The summed E-state index contributed by atoms with van der Waals surface area (Å²) in [6.07, 6.45) is 7.79. The molecule has 64 valence electrons. The smallest absolute Gasteiger partial charge is 0.223 e. The number of aliphatic imine (C=N–C) groups is 1. The number of hydrogen-bond donors (Lipinski definition) is 1. The predicted octanol–water partition coefficient (Wildman–Crippen LogP) is 1.04. The molecule has 1 N–H and O–H groups in total. The lowest BCUT2D eigenvalue weighted by Gasteiger charge is -2.03. The third-order valence-electron chi connectivity index (χ3n) is 1.48. The Hall–Kier alpha value is -1.38. The van der Waals surface area contributed by atoms with E-state index in [1.165, 1.54) is 0 Å². The number of nitrogens with zero attached hydrogens (tertiary/aromatic N) is 1. The van der Waals surface area contributed by atoms with E-state index in [0.29, 0.717) is 13.0 Å². The molecule has 1 rings (SSSR count). The zero-order valence-corrected chi connectivity index (χ0v) is 7.08. The van der Waals surface area contributed by atoms with Crippen LogP contribution >= 0.6 is 0 Å². The van der Waals surface area contributed by atoms with Crippen molar-refractivity contribution in [3.8, 4) is 0 Å². The van der Waals surface area contributed by atoms with Crippen molar-refractivity contribution < 1.29 is 4.79 Å². The third kappa shape index (κ3) is 2.70. The SMILES string of the molecule is CCC(=O)NC1=CC=CC=NC1. The fourth-order valence-corrected chi connectivity index (χ4v) is 0.835.